The van der Waals surface area contributed by atoms with Gasteiger partial charge in [0.05, 0.1) is 29.9 Å². The summed E-state index contributed by atoms with van der Waals surface area (Å²) in [7, 11) is 3.25. The third kappa shape index (κ3) is 12.5. The summed E-state index contributed by atoms with van der Waals surface area (Å²) in [5.74, 6) is -2.17. The number of anilines is 2. The molecule has 12 nitrogen and oxygen atoms in total. The van der Waals surface area contributed by atoms with Gasteiger partial charge < -0.3 is 39.5 Å². The number of nitrogens with one attached hydrogen (secondary N) is 2. The van der Waals surface area contributed by atoms with Gasteiger partial charge in [0.1, 0.15) is 5.60 Å². The molecule has 254 valence electrons. The minimum Gasteiger partial charge on any atom is -0.444 e. The largest absolute Gasteiger partial charge is 0.444 e. The van der Waals surface area contributed by atoms with Gasteiger partial charge in [-0.1, -0.05) is 26.0 Å². The number of carbonyl (C=O) groups is 4. The standard InChI is InChI=1S/C33H55N5O7/c1-9-36(17-19-44-8)30(40)25-20-26(23-37(22-25)32(42)45-33(4,5)6)38(21-24(2)3)31(41)29(39)35-28-15-11-10-14-27(28)34-16-12-13-18-43-7/h10-11,14-15,24-26,34H,9,12-13,16-23H2,1-8H3,(H,35,39)/t25?,26-/m0/s1. The lowest BCUT2D eigenvalue weighted by molar-refractivity contribution is -0.148. The van der Waals surface area contributed by atoms with E-state index < -0.39 is 35.5 Å². The summed E-state index contributed by atoms with van der Waals surface area (Å²) in [5, 5.41) is 6.12. The zero-order chi connectivity index (χ0) is 33.6. The van der Waals surface area contributed by atoms with Crippen LogP contribution in [0.4, 0.5) is 16.2 Å². The van der Waals surface area contributed by atoms with Gasteiger partial charge >= 0.3 is 17.9 Å². The highest BCUT2D eigenvalue weighted by Gasteiger charge is 2.41. The van der Waals surface area contributed by atoms with E-state index in [0.717, 1.165) is 12.8 Å². The van der Waals surface area contributed by atoms with Gasteiger partial charge in [-0.25, -0.2) is 4.79 Å². The van der Waals surface area contributed by atoms with Crippen molar-refractivity contribution in [2.24, 2.45) is 11.8 Å². The highest BCUT2D eigenvalue weighted by molar-refractivity contribution is 6.40. The lowest BCUT2D eigenvalue weighted by atomic mass is 9.91. The molecule has 0 aliphatic carbocycles. The third-order valence-corrected chi connectivity index (χ3v) is 7.41. The van der Waals surface area contributed by atoms with Crippen molar-refractivity contribution in [3.05, 3.63) is 24.3 Å². The molecule has 0 radical (unpaired) electrons. The highest BCUT2D eigenvalue weighted by Crippen LogP contribution is 2.27. The van der Waals surface area contributed by atoms with Crippen LogP contribution in [0.2, 0.25) is 0 Å². The summed E-state index contributed by atoms with van der Waals surface area (Å²) >= 11 is 0. The first-order valence-electron chi connectivity index (χ1n) is 16.0. The first-order valence-corrected chi connectivity index (χ1v) is 16.0. The van der Waals surface area contributed by atoms with Crippen LogP contribution in [0.3, 0.4) is 0 Å². The van der Waals surface area contributed by atoms with Crippen LogP contribution in [0.25, 0.3) is 0 Å². The Hall–Kier alpha value is -3.38. The number of likely N-dealkylation sites (N-methyl/N-ethyl adjacent to an activating group) is 1. The Balaban J connectivity index is 2.33. The maximum absolute atomic E-state index is 13.9. The maximum Gasteiger partial charge on any atom is 0.410 e. The molecule has 1 heterocycles. The predicted octanol–water partition coefficient (Wildman–Crippen LogP) is 4.07. The molecule has 4 amide bonds. The Kier molecular flexibility index (Phi) is 15.6. The van der Waals surface area contributed by atoms with E-state index in [1.807, 2.05) is 32.9 Å². The minimum absolute atomic E-state index is 0.0303. The van der Waals surface area contributed by atoms with E-state index in [0.29, 0.717) is 50.6 Å². The number of para-hydroxylation sites is 2. The van der Waals surface area contributed by atoms with Crippen molar-refractivity contribution in [3.8, 4) is 0 Å². The van der Waals surface area contributed by atoms with Crippen LogP contribution in [0, 0.1) is 11.8 Å². The fourth-order valence-corrected chi connectivity index (χ4v) is 5.27. The Morgan fingerprint density at radius 2 is 1.67 bits per heavy atom. The molecule has 0 saturated carbocycles. The number of rotatable bonds is 15. The molecule has 2 atom stereocenters. The number of amides is 4. The van der Waals surface area contributed by atoms with Crippen LogP contribution < -0.4 is 10.6 Å². The van der Waals surface area contributed by atoms with Crippen molar-refractivity contribution in [2.75, 3.05) is 77.3 Å². The molecule has 1 aromatic carbocycles. The van der Waals surface area contributed by atoms with E-state index >= 15 is 0 Å². The fraction of sp³-hybridized carbons (Fsp3) is 0.697. The number of benzene rings is 1. The van der Waals surface area contributed by atoms with Crippen LogP contribution >= 0.6 is 0 Å². The van der Waals surface area contributed by atoms with E-state index in [4.69, 9.17) is 14.2 Å². The summed E-state index contributed by atoms with van der Waals surface area (Å²) in [6, 6.07) is 6.67. The Labute approximate surface area is 269 Å². The number of hydrogen-bond acceptors (Lipinski definition) is 8. The molecule has 1 fully saturated rings. The molecule has 12 heteroatoms. The zero-order valence-corrected chi connectivity index (χ0v) is 28.5. The van der Waals surface area contributed by atoms with Crippen LogP contribution in [-0.4, -0.2) is 117 Å². The molecule has 1 saturated heterocycles. The second-order valence-electron chi connectivity index (χ2n) is 12.9. The van der Waals surface area contributed by atoms with Crippen LogP contribution in [0.1, 0.15) is 60.8 Å². The second-order valence-corrected chi connectivity index (χ2v) is 12.9. The van der Waals surface area contributed by atoms with Crippen molar-refractivity contribution in [2.45, 2.75) is 72.4 Å². The Morgan fingerprint density at radius 1 is 1.00 bits per heavy atom. The van der Waals surface area contributed by atoms with Crippen molar-refractivity contribution in [1.82, 2.24) is 14.7 Å². The SMILES string of the molecule is CCN(CCOC)C(=O)C1C[C@H](N(CC(C)C)C(=O)C(=O)Nc2ccccc2NCCCCOC)CN(C(=O)OC(C)(C)C)C1. The number of carbonyl (C=O) groups excluding carboxylic acids is 4. The van der Waals surface area contributed by atoms with Gasteiger partial charge in [0.25, 0.3) is 0 Å². The fourth-order valence-electron chi connectivity index (χ4n) is 5.27. The minimum atomic E-state index is -0.781. The molecular weight excluding hydrogens is 578 g/mol. The predicted molar refractivity (Wildman–Crippen MR) is 175 cm³/mol. The molecule has 2 rings (SSSR count). The number of nitrogens with zero attached hydrogens (tertiary/aromatic N) is 3. The summed E-state index contributed by atoms with van der Waals surface area (Å²) < 4.78 is 16.0. The second kappa shape index (κ2) is 18.6. The molecule has 0 bridgehead atoms. The van der Waals surface area contributed by atoms with E-state index in [-0.39, 0.29) is 31.5 Å². The monoisotopic (exact) mass is 633 g/mol. The van der Waals surface area contributed by atoms with E-state index in [1.54, 1.807) is 52.0 Å². The zero-order valence-electron chi connectivity index (χ0n) is 28.5. The summed E-state index contributed by atoms with van der Waals surface area (Å²) in [6.07, 6.45) is 1.53. The van der Waals surface area contributed by atoms with Crippen LogP contribution in [0.5, 0.6) is 0 Å². The van der Waals surface area contributed by atoms with Gasteiger partial charge in [-0.15, -0.1) is 0 Å². The Bertz CT molecular complexity index is 1110. The number of ether oxygens (including phenoxy) is 3. The molecule has 1 aromatic rings. The number of methoxy groups -OCH3 is 2. The number of likely N-dealkylation sites (tertiary alicyclic amines) is 1. The van der Waals surface area contributed by atoms with Gasteiger partial charge in [-0.3, -0.25) is 14.4 Å². The first-order chi connectivity index (χ1) is 21.3. The van der Waals surface area contributed by atoms with Crippen LogP contribution in [0.15, 0.2) is 24.3 Å². The molecule has 1 aliphatic heterocycles. The molecule has 1 aliphatic rings. The van der Waals surface area contributed by atoms with Crippen molar-refractivity contribution >= 4 is 35.2 Å². The van der Waals surface area contributed by atoms with E-state index in [1.165, 1.54) is 9.80 Å². The summed E-state index contributed by atoms with van der Waals surface area (Å²) in [6.45, 7) is 14.4. The van der Waals surface area contributed by atoms with Crippen molar-refractivity contribution in [3.63, 3.8) is 0 Å². The summed E-state index contributed by atoms with van der Waals surface area (Å²) in [4.78, 5) is 59.1. The molecule has 45 heavy (non-hydrogen) atoms. The first kappa shape index (κ1) is 37.8. The topological polar surface area (TPSA) is 130 Å². The van der Waals surface area contributed by atoms with E-state index in [2.05, 4.69) is 10.6 Å². The highest BCUT2D eigenvalue weighted by atomic mass is 16.6. The van der Waals surface area contributed by atoms with Gasteiger partial charge in [0.2, 0.25) is 5.91 Å². The summed E-state index contributed by atoms with van der Waals surface area (Å²) in [5.41, 5.74) is 0.466. The lowest BCUT2D eigenvalue weighted by Crippen LogP contribution is -2.59. The van der Waals surface area contributed by atoms with Gasteiger partial charge in [-0.05, 0) is 65.0 Å². The maximum atomic E-state index is 13.9. The molecule has 0 aromatic heterocycles. The molecule has 0 spiro atoms. The van der Waals surface area contributed by atoms with Gasteiger partial charge in [0, 0.05) is 60.1 Å². The van der Waals surface area contributed by atoms with Crippen molar-refractivity contribution in [1.29, 1.82) is 0 Å². The number of unbranched alkanes of at least 4 members (excludes halogenated alkanes) is 1. The van der Waals surface area contributed by atoms with Gasteiger partial charge in [0.15, 0.2) is 0 Å². The average Bonchev–Trinajstić information content (AvgIpc) is 2.99. The average molecular weight is 634 g/mol. The number of piperidine rings is 1. The van der Waals surface area contributed by atoms with E-state index in [9.17, 15) is 19.2 Å². The molecule has 1 unspecified atom stereocenters. The lowest BCUT2D eigenvalue weighted by Gasteiger charge is -2.43. The third-order valence-electron chi connectivity index (χ3n) is 7.41. The molecule has 2 N–H and O–H groups in total. The van der Waals surface area contributed by atoms with Gasteiger partial charge in [-0.2, -0.15) is 0 Å². The molecular formula is C33H55N5O7. The van der Waals surface area contributed by atoms with Crippen molar-refractivity contribution < 1.29 is 33.4 Å². The normalized spacial score (nSPS) is 16.7. The smallest absolute Gasteiger partial charge is 0.410 e. The quantitative estimate of drug-likeness (QED) is 0.219. The number of hydrogen-bond donors (Lipinski definition) is 2. The van der Waals surface area contributed by atoms with Crippen LogP contribution in [-0.2, 0) is 28.6 Å². The Morgan fingerprint density at radius 3 is 2.27 bits per heavy atom.